The molecule has 1 rings (SSSR count). The van der Waals surface area contributed by atoms with Crippen molar-refractivity contribution in [1.29, 1.82) is 0 Å². The minimum absolute atomic E-state index is 0.0520. The number of hydrogen-bond acceptors (Lipinski definition) is 3. The number of unbranched alkanes of at least 4 members (excludes halogenated alkanes) is 1. The van der Waals surface area contributed by atoms with E-state index in [-0.39, 0.29) is 11.7 Å². The van der Waals surface area contributed by atoms with Crippen LogP contribution in [-0.2, 0) is 0 Å². The Labute approximate surface area is 120 Å². The summed E-state index contributed by atoms with van der Waals surface area (Å²) in [5, 5.41) is 12.2. The smallest absolute Gasteiger partial charge is 0.251 e. The van der Waals surface area contributed by atoms with Gasteiger partial charge in [-0.1, -0.05) is 12.2 Å². The third kappa shape index (κ3) is 5.01. The molecular formula is C12H15BrN2O2S. The maximum atomic E-state index is 11.7. The van der Waals surface area contributed by atoms with Crippen molar-refractivity contribution in [3.8, 4) is 5.75 Å². The zero-order valence-electron chi connectivity index (χ0n) is 9.78. The Morgan fingerprint density at radius 1 is 1.44 bits per heavy atom. The summed E-state index contributed by atoms with van der Waals surface area (Å²) in [7, 11) is 0. The Morgan fingerprint density at radius 2 is 2.17 bits per heavy atom. The van der Waals surface area contributed by atoms with Crippen molar-refractivity contribution >= 4 is 39.0 Å². The van der Waals surface area contributed by atoms with Gasteiger partial charge < -0.3 is 16.2 Å². The van der Waals surface area contributed by atoms with Gasteiger partial charge in [-0.3, -0.25) is 4.79 Å². The van der Waals surface area contributed by atoms with Crippen LogP contribution in [-0.4, -0.2) is 22.5 Å². The van der Waals surface area contributed by atoms with E-state index in [2.05, 4.69) is 21.2 Å². The van der Waals surface area contributed by atoms with Crippen molar-refractivity contribution < 1.29 is 9.90 Å². The highest BCUT2D eigenvalue weighted by Crippen LogP contribution is 2.24. The summed E-state index contributed by atoms with van der Waals surface area (Å²) < 4.78 is 0.565. The lowest BCUT2D eigenvalue weighted by Crippen LogP contribution is -2.24. The molecule has 6 heteroatoms. The van der Waals surface area contributed by atoms with Crippen LogP contribution in [0.2, 0.25) is 0 Å². The second-order valence-corrected chi connectivity index (χ2v) is 5.22. The van der Waals surface area contributed by atoms with E-state index in [1.807, 2.05) is 0 Å². The molecule has 0 radical (unpaired) electrons. The molecule has 0 aliphatic heterocycles. The Morgan fingerprint density at radius 3 is 2.78 bits per heavy atom. The number of phenolic OH excluding ortho intramolecular Hbond substituents is 1. The molecule has 0 spiro atoms. The largest absolute Gasteiger partial charge is 0.507 e. The van der Waals surface area contributed by atoms with Gasteiger partial charge in [-0.2, -0.15) is 0 Å². The first-order valence-corrected chi connectivity index (χ1v) is 6.76. The molecule has 98 valence electrons. The van der Waals surface area contributed by atoms with E-state index in [1.54, 1.807) is 12.1 Å². The average Bonchev–Trinajstić information content (AvgIpc) is 2.31. The van der Waals surface area contributed by atoms with Gasteiger partial charge in [0.15, 0.2) is 0 Å². The Balaban J connectivity index is 2.36. The summed E-state index contributed by atoms with van der Waals surface area (Å²) in [5.41, 5.74) is 5.80. The number of hydrogen-bond donors (Lipinski definition) is 3. The number of aromatic hydroxyl groups is 1. The Hall–Kier alpha value is -1.14. The van der Waals surface area contributed by atoms with E-state index in [4.69, 9.17) is 18.0 Å². The number of nitrogens with two attached hydrogens (primary N) is 1. The fraction of sp³-hybridized carbons (Fsp3) is 0.333. The predicted molar refractivity (Wildman–Crippen MR) is 78.8 cm³/mol. The molecule has 4 nitrogen and oxygen atoms in total. The summed E-state index contributed by atoms with van der Waals surface area (Å²) in [5.74, 6) is -0.149. The van der Waals surface area contributed by atoms with Crippen molar-refractivity contribution in [2.45, 2.75) is 19.3 Å². The van der Waals surface area contributed by atoms with Crippen molar-refractivity contribution in [2.24, 2.45) is 5.73 Å². The Kier molecular flexibility index (Phi) is 6.07. The minimum Gasteiger partial charge on any atom is -0.507 e. The minimum atomic E-state index is -0.201. The number of carbonyl (C=O) groups excluding carboxylic acids is 1. The number of amides is 1. The lowest BCUT2D eigenvalue weighted by atomic mass is 10.2. The zero-order valence-corrected chi connectivity index (χ0v) is 12.2. The molecule has 0 saturated carbocycles. The lowest BCUT2D eigenvalue weighted by Gasteiger charge is -2.06. The van der Waals surface area contributed by atoms with Crippen LogP contribution in [0.1, 0.15) is 29.6 Å². The highest BCUT2D eigenvalue weighted by molar-refractivity contribution is 9.10. The molecule has 0 atom stereocenters. The predicted octanol–water partition coefficient (Wildman–Crippen LogP) is 2.34. The fourth-order valence-electron chi connectivity index (χ4n) is 1.38. The number of benzene rings is 1. The van der Waals surface area contributed by atoms with Gasteiger partial charge in [0.25, 0.3) is 5.91 Å². The van der Waals surface area contributed by atoms with Gasteiger partial charge in [0.1, 0.15) is 5.75 Å². The maximum absolute atomic E-state index is 11.7. The van der Waals surface area contributed by atoms with Crippen molar-refractivity contribution in [2.75, 3.05) is 6.54 Å². The van der Waals surface area contributed by atoms with Crippen LogP contribution in [0.15, 0.2) is 22.7 Å². The molecule has 18 heavy (non-hydrogen) atoms. The molecule has 0 heterocycles. The van der Waals surface area contributed by atoms with Gasteiger partial charge in [-0.25, -0.2) is 0 Å². The molecule has 0 aliphatic carbocycles. The van der Waals surface area contributed by atoms with Gasteiger partial charge in [0.2, 0.25) is 0 Å². The van der Waals surface area contributed by atoms with Gasteiger partial charge in [0.05, 0.1) is 9.46 Å². The van der Waals surface area contributed by atoms with Crippen LogP contribution in [0, 0.1) is 0 Å². The van der Waals surface area contributed by atoms with E-state index in [0.29, 0.717) is 28.0 Å². The van der Waals surface area contributed by atoms with Gasteiger partial charge in [-0.15, -0.1) is 0 Å². The van der Waals surface area contributed by atoms with Crippen LogP contribution in [0.3, 0.4) is 0 Å². The molecule has 0 saturated heterocycles. The summed E-state index contributed by atoms with van der Waals surface area (Å²) in [4.78, 5) is 12.2. The summed E-state index contributed by atoms with van der Waals surface area (Å²) in [6.45, 7) is 0.568. The summed E-state index contributed by atoms with van der Waals surface area (Å²) >= 11 is 7.92. The summed E-state index contributed by atoms with van der Waals surface area (Å²) in [6, 6.07) is 4.71. The monoisotopic (exact) mass is 330 g/mol. The number of nitrogens with one attached hydrogen (secondary N) is 1. The van der Waals surface area contributed by atoms with Gasteiger partial charge in [0, 0.05) is 12.1 Å². The third-order valence-electron chi connectivity index (χ3n) is 2.34. The van der Waals surface area contributed by atoms with E-state index in [0.717, 1.165) is 12.8 Å². The maximum Gasteiger partial charge on any atom is 0.251 e. The molecular weight excluding hydrogens is 316 g/mol. The molecule has 1 aromatic rings. The molecule has 1 aromatic carbocycles. The van der Waals surface area contributed by atoms with Crippen molar-refractivity contribution in [3.05, 3.63) is 28.2 Å². The second kappa shape index (κ2) is 7.33. The highest BCUT2D eigenvalue weighted by atomic mass is 79.9. The molecule has 0 aromatic heterocycles. The summed E-state index contributed by atoms with van der Waals surface area (Å²) in [6.07, 6.45) is 2.39. The van der Waals surface area contributed by atoms with Gasteiger partial charge in [-0.05, 0) is 53.4 Å². The molecule has 0 aliphatic rings. The van der Waals surface area contributed by atoms with E-state index >= 15 is 0 Å². The van der Waals surface area contributed by atoms with Crippen molar-refractivity contribution in [1.82, 2.24) is 5.32 Å². The van der Waals surface area contributed by atoms with Crippen LogP contribution in [0.4, 0.5) is 0 Å². The van der Waals surface area contributed by atoms with Crippen LogP contribution in [0.5, 0.6) is 5.75 Å². The van der Waals surface area contributed by atoms with E-state index in [1.165, 1.54) is 6.07 Å². The van der Waals surface area contributed by atoms with E-state index in [9.17, 15) is 9.90 Å². The molecule has 0 fully saturated rings. The standard InChI is InChI=1S/C12H15BrN2O2S/c13-9-5-4-8(7-10(9)16)12(17)15-6-2-1-3-11(14)18/h4-5,7,16H,1-3,6H2,(H2,14,18)(H,15,17). The number of phenols is 1. The van der Waals surface area contributed by atoms with E-state index < -0.39 is 0 Å². The first-order chi connectivity index (χ1) is 8.50. The molecule has 0 bridgehead atoms. The first kappa shape index (κ1) is 14.9. The topological polar surface area (TPSA) is 75.3 Å². The van der Waals surface area contributed by atoms with Crippen molar-refractivity contribution in [3.63, 3.8) is 0 Å². The molecule has 0 unspecified atom stereocenters. The number of carbonyl (C=O) groups is 1. The Bertz CT molecular complexity index is 452. The quantitative estimate of drug-likeness (QED) is 0.552. The molecule has 4 N–H and O–H groups in total. The second-order valence-electron chi connectivity index (χ2n) is 3.85. The molecule has 1 amide bonds. The number of halogens is 1. The average molecular weight is 331 g/mol. The number of rotatable bonds is 6. The van der Waals surface area contributed by atoms with Crippen LogP contribution < -0.4 is 11.1 Å². The van der Waals surface area contributed by atoms with Crippen LogP contribution in [0.25, 0.3) is 0 Å². The van der Waals surface area contributed by atoms with Crippen LogP contribution >= 0.6 is 28.1 Å². The first-order valence-electron chi connectivity index (χ1n) is 5.55. The lowest BCUT2D eigenvalue weighted by molar-refractivity contribution is 0.0952. The zero-order chi connectivity index (χ0) is 13.5. The SMILES string of the molecule is NC(=S)CCCCNC(=O)c1ccc(Br)c(O)c1. The normalized spacial score (nSPS) is 10.1. The fourth-order valence-corrected chi connectivity index (χ4v) is 1.77. The van der Waals surface area contributed by atoms with Gasteiger partial charge >= 0.3 is 0 Å². The third-order valence-corrected chi connectivity index (χ3v) is 3.22. The highest BCUT2D eigenvalue weighted by Gasteiger charge is 2.07. The number of thiocarbonyl (C=S) groups is 1.